The van der Waals surface area contributed by atoms with Crippen molar-refractivity contribution in [1.82, 2.24) is 10.6 Å². The summed E-state index contributed by atoms with van der Waals surface area (Å²) in [6.45, 7) is 3.61. The first-order chi connectivity index (χ1) is 8.74. The number of nitrogens with one attached hydrogen (secondary N) is 2. The molecule has 0 bridgehead atoms. The van der Waals surface area contributed by atoms with Crippen molar-refractivity contribution in [2.45, 2.75) is 39.2 Å². The normalized spacial score (nSPS) is 16.7. The summed E-state index contributed by atoms with van der Waals surface area (Å²) >= 11 is 0. The topological polar surface area (TPSA) is 41.1 Å². The van der Waals surface area contributed by atoms with Gasteiger partial charge in [-0.25, -0.2) is 4.79 Å². The summed E-state index contributed by atoms with van der Waals surface area (Å²) in [4.78, 5) is 11.7. The minimum Gasteiger partial charge on any atom is -0.338 e. The summed E-state index contributed by atoms with van der Waals surface area (Å²) in [7, 11) is 0. The van der Waals surface area contributed by atoms with Gasteiger partial charge in [0.25, 0.3) is 0 Å². The quantitative estimate of drug-likeness (QED) is 0.823. The highest BCUT2D eigenvalue weighted by Gasteiger charge is 2.35. The molecular formula is C15H22N2O. The summed E-state index contributed by atoms with van der Waals surface area (Å²) < 4.78 is 0. The molecule has 0 spiro atoms. The van der Waals surface area contributed by atoms with Gasteiger partial charge in [0.2, 0.25) is 0 Å². The molecule has 0 aromatic heterocycles. The summed E-state index contributed by atoms with van der Waals surface area (Å²) in [5.41, 5.74) is 1.51. The Morgan fingerprint density at radius 3 is 2.50 bits per heavy atom. The summed E-state index contributed by atoms with van der Waals surface area (Å²) in [6.07, 6.45) is 4.97. The zero-order valence-electron chi connectivity index (χ0n) is 11.0. The molecule has 18 heavy (non-hydrogen) atoms. The van der Waals surface area contributed by atoms with E-state index < -0.39 is 0 Å². The van der Waals surface area contributed by atoms with Crippen LogP contribution in [0.15, 0.2) is 30.3 Å². The average Bonchev–Trinajstić information content (AvgIpc) is 2.37. The molecule has 3 heteroatoms. The van der Waals surface area contributed by atoms with E-state index >= 15 is 0 Å². The largest absolute Gasteiger partial charge is 0.338 e. The Labute approximate surface area is 109 Å². The minimum absolute atomic E-state index is 0.0569. The predicted octanol–water partition coefficient (Wildman–Crippen LogP) is 3.07. The Morgan fingerprint density at radius 1 is 1.22 bits per heavy atom. The van der Waals surface area contributed by atoms with E-state index in [0.29, 0.717) is 12.0 Å². The van der Waals surface area contributed by atoms with Crippen molar-refractivity contribution in [3.05, 3.63) is 35.9 Å². The number of carbonyl (C=O) groups excluding carboxylic acids is 1. The molecule has 1 aliphatic carbocycles. The Kier molecular flexibility index (Phi) is 4.24. The lowest BCUT2D eigenvalue weighted by molar-refractivity contribution is 0.126. The fraction of sp³-hybridized carbons (Fsp3) is 0.533. The zero-order valence-corrected chi connectivity index (χ0v) is 11.0. The first-order valence-corrected chi connectivity index (χ1v) is 6.80. The lowest BCUT2D eigenvalue weighted by atomic mass is 9.67. The highest BCUT2D eigenvalue weighted by molar-refractivity contribution is 5.73. The van der Waals surface area contributed by atoms with Gasteiger partial charge in [-0.15, -0.1) is 0 Å². The molecular weight excluding hydrogens is 224 g/mol. The molecule has 0 saturated heterocycles. The molecule has 2 N–H and O–H groups in total. The second-order valence-electron chi connectivity index (χ2n) is 5.23. The van der Waals surface area contributed by atoms with Gasteiger partial charge in [-0.2, -0.15) is 0 Å². The van der Waals surface area contributed by atoms with Gasteiger partial charge >= 0.3 is 6.03 Å². The van der Waals surface area contributed by atoms with Gasteiger partial charge in [-0.3, -0.25) is 0 Å². The van der Waals surface area contributed by atoms with E-state index in [9.17, 15) is 4.79 Å². The molecule has 3 nitrogen and oxygen atoms in total. The van der Waals surface area contributed by atoms with Crippen LogP contribution in [0.25, 0.3) is 0 Å². The maximum Gasteiger partial charge on any atom is 0.315 e. The monoisotopic (exact) mass is 246 g/mol. The van der Waals surface area contributed by atoms with E-state index in [1.54, 1.807) is 0 Å². The standard InChI is InChI=1S/C15H22N2O/c1-2-15(9-6-10-15)12-17-14(18)16-11-13-7-4-3-5-8-13/h3-5,7-8H,2,6,9-12H2,1H3,(H2,16,17,18). The van der Waals surface area contributed by atoms with Crippen LogP contribution in [0.4, 0.5) is 4.79 Å². The first kappa shape index (κ1) is 12.9. The Hall–Kier alpha value is -1.51. The number of hydrogen-bond acceptors (Lipinski definition) is 1. The first-order valence-electron chi connectivity index (χ1n) is 6.80. The number of rotatable bonds is 5. The van der Waals surface area contributed by atoms with Crippen LogP contribution in [0.2, 0.25) is 0 Å². The zero-order chi connectivity index (χ0) is 12.8. The van der Waals surface area contributed by atoms with E-state index in [4.69, 9.17) is 0 Å². The fourth-order valence-electron chi connectivity index (χ4n) is 2.44. The van der Waals surface area contributed by atoms with Crippen LogP contribution in [0.5, 0.6) is 0 Å². The lowest BCUT2D eigenvalue weighted by Crippen LogP contribution is -2.45. The molecule has 0 atom stereocenters. The molecule has 1 aliphatic rings. The predicted molar refractivity (Wildman–Crippen MR) is 73.3 cm³/mol. The molecule has 0 radical (unpaired) electrons. The number of hydrogen-bond donors (Lipinski definition) is 2. The van der Waals surface area contributed by atoms with Crippen molar-refractivity contribution in [2.75, 3.05) is 6.54 Å². The molecule has 1 saturated carbocycles. The van der Waals surface area contributed by atoms with E-state index in [1.807, 2.05) is 30.3 Å². The van der Waals surface area contributed by atoms with E-state index in [0.717, 1.165) is 18.5 Å². The van der Waals surface area contributed by atoms with Gasteiger partial charge < -0.3 is 10.6 Å². The third kappa shape index (κ3) is 3.25. The van der Waals surface area contributed by atoms with Gasteiger partial charge in [-0.05, 0) is 30.2 Å². The number of amides is 2. The maximum atomic E-state index is 11.7. The molecule has 0 heterocycles. The van der Waals surface area contributed by atoms with Crippen molar-refractivity contribution in [2.24, 2.45) is 5.41 Å². The van der Waals surface area contributed by atoms with Crippen molar-refractivity contribution in [1.29, 1.82) is 0 Å². The third-order valence-corrected chi connectivity index (χ3v) is 4.08. The molecule has 1 aromatic rings. The van der Waals surface area contributed by atoms with Crippen LogP contribution in [-0.2, 0) is 6.54 Å². The van der Waals surface area contributed by atoms with Gasteiger partial charge in [0.05, 0.1) is 0 Å². The number of benzene rings is 1. The Balaban J connectivity index is 1.69. The number of carbonyl (C=O) groups is 1. The molecule has 0 unspecified atom stereocenters. The van der Waals surface area contributed by atoms with Crippen LogP contribution in [0, 0.1) is 5.41 Å². The molecule has 1 fully saturated rings. The van der Waals surface area contributed by atoms with Crippen molar-refractivity contribution in [3.63, 3.8) is 0 Å². The molecule has 98 valence electrons. The Morgan fingerprint density at radius 2 is 1.94 bits per heavy atom. The smallest absolute Gasteiger partial charge is 0.315 e. The minimum atomic E-state index is -0.0569. The van der Waals surface area contributed by atoms with Gasteiger partial charge in [0, 0.05) is 13.1 Å². The molecule has 2 rings (SSSR count). The molecule has 2 amide bonds. The van der Waals surface area contributed by atoms with Gasteiger partial charge in [0.1, 0.15) is 0 Å². The van der Waals surface area contributed by atoms with Crippen molar-refractivity contribution < 1.29 is 4.79 Å². The summed E-state index contributed by atoms with van der Waals surface area (Å²) in [5.74, 6) is 0. The highest BCUT2D eigenvalue weighted by atomic mass is 16.2. The second kappa shape index (κ2) is 5.89. The van der Waals surface area contributed by atoms with E-state index in [2.05, 4.69) is 17.6 Å². The van der Waals surface area contributed by atoms with Crippen molar-refractivity contribution >= 4 is 6.03 Å². The molecule has 0 aliphatic heterocycles. The summed E-state index contributed by atoms with van der Waals surface area (Å²) in [5, 5.41) is 5.89. The average molecular weight is 246 g/mol. The van der Waals surface area contributed by atoms with Crippen LogP contribution in [-0.4, -0.2) is 12.6 Å². The summed E-state index contributed by atoms with van der Waals surface area (Å²) in [6, 6.07) is 9.91. The SMILES string of the molecule is CCC1(CNC(=O)NCc2ccccc2)CCC1. The maximum absolute atomic E-state index is 11.7. The fourth-order valence-corrected chi connectivity index (χ4v) is 2.44. The lowest BCUT2D eigenvalue weighted by Gasteiger charge is -2.41. The van der Waals surface area contributed by atoms with Crippen LogP contribution in [0.1, 0.15) is 38.2 Å². The second-order valence-corrected chi connectivity index (χ2v) is 5.23. The highest BCUT2D eigenvalue weighted by Crippen LogP contribution is 2.42. The van der Waals surface area contributed by atoms with Gasteiger partial charge in [-0.1, -0.05) is 43.7 Å². The number of urea groups is 1. The van der Waals surface area contributed by atoms with Crippen LogP contribution in [0.3, 0.4) is 0 Å². The van der Waals surface area contributed by atoms with Crippen LogP contribution < -0.4 is 10.6 Å². The van der Waals surface area contributed by atoms with E-state index in [1.165, 1.54) is 19.3 Å². The molecule has 1 aromatic carbocycles. The van der Waals surface area contributed by atoms with Crippen LogP contribution >= 0.6 is 0 Å². The third-order valence-electron chi connectivity index (χ3n) is 4.08. The van der Waals surface area contributed by atoms with E-state index in [-0.39, 0.29) is 6.03 Å². The van der Waals surface area contributed by atoms with Crippen molar-refractivity contribution in [3.8, 4) is 0 Å². The Bertz CT molecular complexity index is 379. The van der Waals surface area contributed by atoms with Gasteiger partial charge in [0.15, 0.2) is 0 Å².